The summed E-state index contributed by atoms with van der Waals surface area (Å²) in [4.78, 5) is 12.4. The molecule has 1 saturated carbocycles. The van der Waals surface area contributed by atoms with Gasteiger partial charge in [0.05, 0.1) is 10.9 Å². The lowest BCUT2D eigenvalue weighted by Crippen LogP contribution is -2.91. The van der Waals surface area contributed by atoms with Gasteiger partial charge >= 0.3 is 0 Å². The predicted molar refractivity (Wildman–Crippen MR) is 106 cm³/mol. The van der Waals surface area contributed by atoms with Gasteiger partial charge in [-0.2, -0.15) is 4.31 Å². The molecule has 6 nitrogen and oxygen atoms in total. The summed E-state index contributed by atoms with van der Waals surface area (Å²) in [6.45, 7) is 4.36. The number of nitrogens with two attached hydrogens (primary N) is 1. The Morgan fingerprint density at radius 2 is 1.63 bits per heavy atom. The summed E-state index contributed by atoms with van der Waals surface area (Å²) in [5, 5.41) is 4.97. The molecule has 2 fully saturated rings. The Morgan fingerprint density at radius 1 is 1.04 bits per heavy atom. The highest BCUT2D eigenvalue weighted by Gasteiger charge is 2.35. The number of sulfonamides is 1. The molecule has 1 aliphatic carbocycles. The Labute approximate surface area is 162 Å². The molecule has 0 unspecified atom stereocenters. The van der Waals surface area contributed by atoms with Crippen LogP contribution in [0.3, 0.4) is 0 Å². The normalized spacial score (nSPS) is 24.8. The largest absolute Gasteiger partial charge is 0.336 e. The molecule has 1 aromatic carbocycles. The van der Waals surface area contributed by atoms with Gasteiger partial charge in [-0.15, -0.1) is 0 Å². The number of carbonyl (C=O) groups excluding carboxylic acids is 1. The number of nitrogens with one attached hydrogen (secondary N) is 1. The van der Waals surface area contributed by atoms with E-state index in [2.05, 4.69) is 10.6 Å². The van der Waals surface area contributed by atoms with Crippen LogP contribution in [0.2, 0.25) is 0 Å². The average molecular weight is 395 g/mol. The third-order valence-electron chi connectivity index (χ3n) is 5.86. The lowest BCUT2D eigenvalue weighted by molar-refractivity contribution is -0.677. The number of hydrogen-bond acceptors (Lipinski definition) is 3. The van der Waals surface area contributed by atoms with Crippen LogP contribution in [0.1, 0.15) is 58.8 Å². The molecule has 3 N–H and O–H groups in total. The summed E-state index contributed by atoms with van der Waals surface area (Å²) in [6.07, 6.45) is 7.75. The molecule has 27 heavy (non-hydrogen) atoms. The van der Waals surface area contributed by atoms with Crippen LogP contribution in [-0.4, -0.2) is 43.3 Å². The maximum Gasteiger partial charge on any atom is 0.279 e. The Morgan fingerprint density at radius 3 is 2.22 bits per heavy atom. The van der Waals surface area contributed by atoms with Crippen molar-refractivity contribution in [3.63, 3.8) is 0 Å². The van der Waals surface area contributed by atoms with Crippen molar-refractivity contribution < 1.29 is 18.5 Å². The molecular formula is C20H32N3O3S+. The minimum Gasteiger partial charge on any atom is -0.336 e. The second-order valence-corrected chi connectivity index (χ2v) is 9.86. The van der Waals surface area contributed by atoms with Crippen LogP contribution in [0.4, 0.5) is 5.69 Å². The molecule has 1 saturated heterocycles. The number of nitrogens with zero attached hydrogens (tertiary/aromatic N) is 1. The maximum atomic E-state index is 13.0. The van der Waals surface area contributed by atoms with Crippen molar-refractivity contribution in [1.29, 1.82) is 0 Å². The van der Waals surface area contributed by atoms with Gasteiger partial charge in [0.2, 0.25) is 10.0 Å². The van der Waals surface area contributed by atoms with E-state index in [4.69, 9.17) is 0 Å². The number of piperidine rings is 1. The lowest BCUT2D eigenvalue weighted by atomic mass is 10.0. The van der Waals surface area contributed by atoms with Crippen molar-refractivity contribution in [2.24, 2.45) is 0 Å². The Kier molecular flexibility index (Phi) is 6.55. The molecule has 1 aliphatic heterocycles. The summed E-state index contributed by atoms with van der Waals surface area (Å²) in [6, 6.07) is 7.16. The van der Waals surface area contributed by atoms with Crippen LogP contribution < -0.4 is 10.6 Å². The second-order valence-electron chi connectivity index (χ2n) is 8.02. The van der Waals surface area contributed by atoms with Crippen molar-refractivity contribution >= 4 is 21.6 Å². The summed E-state index contributed by atoms with van der Waals surface area (Å²) in [5.41, 5.74) is 0.638. The fourth-order valence-corrected chi connectivity index (χ4v) is 6.26. The van der Waals surface area contributed by atoms with Gasteiger partial charge in [-0.25, -0.2) is 8.42 Å². The van der Waals surface area contributed by atoms with Gasteiger partial charge in [0.15, 0.2) is 6.54 Å². The zero-order valence-electron chi connectivity index (χ0n) is 16.4. The molecular weight excluding hydrogens is 362 g/mol. The highest BCUT2D eigenvalue weighted by molar-refractivity contribution is 7.89. The van der Waals surface area contributed by atoms with E-state index < -0.39 is 10.0 Å². The van der Waals surface area contributed by atoms with Crippen molar-refractivity contribution in [2.75, 3.05) is 11.9 Å². The van der Waals surface area contributed by atoms with E-state index in [9.17, 15) is 13.2 Å². The molecule has 1 heterocycles. The third-order valence-corrected chi connectivity index (χ3v) is 8.01. The first-order valence-corrected chi connectivity index (χ1v) is 11.6. The summed E-state index contributed by atoms with van der Waals surface area (Å²) < 4.78 is 27.7. The van der Waals surface area contributed by atoms with Crippen LogP contribution >= 0.6 is 0 Å². The zero-order chi connectivity index (χ0) is 19.4. The van der Waals surface area contributed by atoms with Gasteiger partial charge in [-0.05, 0) is 76.6 Å². The number of quaternary nitrogens is 1. The Bertz CT molecular complexity index is 732. The van der Waals surface area contributed by atoms with Gasteiger partial charge < -0.3 is 10.6 Å². The monoisotopic (exact) mass is 394 g/mol. The summed E-state index contributed by atoms with van der Waals surface area (Å²) >= 11 is 0. The molecule has 1 amide bonds. The molecule has 2 aliphatic rings. The molecule has 1 aromatic rings. The van der Waals surface area contributed by atoms with Crippen LogP contribution in [0, 0.1) is 0 Å². The van der Waals surface area contributed by atoms with Gasteiger partial charge in [0, 0.05) is 17.8 Å². The van der Waals surface area contributed by atoms with Gasteiger partial charge in [0.1, 0.15) is 0 Å². The fourth-order valence-electron chi connectivity index (χ4n) is 4.38. The van der Waals surface area contributed by atoms with Crippen LogP contribution in [0.15, 0.2) is 29.2 Å². The zero-order valence-corrected chi connectivity index (χ0v) is 17.2. The van der Waals surface area contributed by atoms with E-state index in [0.29, 0.717) is 23.2 Å². The topological polar surface area (TPSA) is 83.1 Å². The van der Waals surface area contributed by atoms with Crippen molar-refractivity contribution in [2.45, 2.75) is 81.8 Å². The lowest BCUT2D eigenvalue weighted by Gasteiger charge is -2.37. The third kappa shape index (κ3) is 4.89. The molecule has 2 atom stereocenters. The van der Waals surface area contributed by atoms with Crippen molar-refractivity contribution in [3.8, 4) is 0 Å². The molecule has 150 valence electrons. The smallest absolute Gasteiger partial charge is 0.279 e. The number of amides is 1. The SMILES string of the molecule is C[C@@H]1CCC[C@H](C)N1S(=O)(=O)c1ccc(NC(=O)C[NH2+]C2CCCC2)cc1. The highest BCUT2D eigenvalue weighted by Crippen LogP contribution is 2.29. The standard InChI is InChI=1S/C20H31N3O3S/c1-15-6-5-7-16(2)23(15)27(25,26)19-12-10-18(11-13-19)22-20(24)14-21-17-8-3-4-9-17/h10-13,15-17,21H,3-9,14H2,1-2H3,(H,22,24)/p+1/t15-,16+. The van der Waals surface area contributed by atoms with Gasteiger partial charge in [-0.3, -0.25) is 4.79 Å². The van der Waals surface area contributed by atoms with E-state index in [-0.39, 0.29) is 18.0 Å². The molecule has 0 aromatic heterocycles. The predicted octanol–water partition coefficient (Wildman–Crippen LogP) is 2.08. The second kappa shape index (κ2) is 8.71. The number of hydrogen-bond donors (Lipinski definition) is 2. The van der Waals surface area contributed by atoms with E-state index in [1.807, 2.05) is 13.8 Å². The van der Waals surface area contributed by atoms with Crippen LogP contribution in [0.25, 0.3) is 0 Å². The minimum atomic E-state index is -3.51. The Balaban J connectivity index is 1.61. The first-order valence-electron chi connectivity index (χ1n) is 10.1. The van der Waals surface area contributed by atoms with Crippen molar-refractivity contribution in [1.82, 2.24) is 4.31 Å². The highest BCUT2D eigenvalue weighted by atomic mass is 32.2. The minimum absolute atomic E-state index is 0.0178. The fraction of sp³-hybridized carbons (Fsp3) is 0.650. The van der Waals surface area contributed by atoms with Crippen LogP contribution in [0.5, 0.6) is 0 Å². The van der Waals surface area contributed by atoms with Gasteiger partial charge in [0.25, 0.3) is 5.91 Å². The molecule has 0 spiro atoms. The van der Waals surface area contributed by atoms with Gasteiger partial charge in [-0.1, -0.05) is 6.42 Å². The van der Waals surface area contributed by atoms with E-state index in [1.54, 1.807) is 28.6 Å². The van der Waals surface area contributed by atoms with E-state index >= 15 is 0 Å². The summed E-state index contributed by atoms with van der Waals surface area (Å²) in [5.74, 6) is -0.0456. The molecule has 0 radical (unpaired) electrons. The first-order chi connectivity index (χ1) is 12.9. The number of rotatable bonds is 6. The summed E-state index contributed by atoms with van der Waals surface area (Å²) in [7, 11) is -3.51. The molecule has 3 rings (SSSR count). The number of carbonyl (C=O) groups is 1. The molecule has 0 bridgehead atoms. The van der Waals surface area contributed by atoms with Crippen molar-refractivity contribution in [3.05, 3.63) is 24.3 Å². The first kappa shape index (κ1) is 20.3. The van der Waals surface area contributed by atoms with E-state index in [1.165, 1.54) is 25.7 Å². The molecule has 7 heteroatoms. The van der Waals surface area contributed by atoms with E-state index in [0.717, 1.165) is 19.3 Å². The maximum absolute atomic E-state index is 13.0. The number of anilines is 1. The number of benzene rings is 1. The van der Waals surface area contributed by atoms with Crippen LogP contribution in [-0.2, 0) is 14.8 Å². The Hall–Kier alpha value is -1.44. The quantitative estimate of drug-likeness (QED) is 0.775. The average Bonchev–Trinajstić information content (AvgIpc) is 3.14.